The summed E-state index contributed by atoms with van der Waals surface area (Å²) in [6, 6.07) is 1.49. The number of sulfonamides is 1. The van der Waals surface area contributed by atoms with Crippen molar-refractivity contribution in [2.24, 2.45) is 0 Å². The standard InChI is InChI=1S/C13H20N2O4S2/c1-9(2)14-13(16)11-8-12(10(3)20-11)21(17,18)15-4-6-19-7-5-15/h8-9H,4-7H2,1-3H3,(H,14,16). The summed E-state index contributed by atoms with van der Waals surface area (Å²) < 4.78 is 31.8. The monoisotopic (exact) mass is 332 g/mol. The first-order chi connectivity index (χ1) is 9.82. The summed E-state index contributed by atoms with van der Waals surface area (Å²) in [5.74, 6) is -0.235. The van der Waals surface area contributed by atoms with E-state index in [1.165, 1.54) is 21.7 Å². The van der Waals surface area contributed by atoms with Gasteiger partial charge in [0.15, 0.2) is 0 Å². The van der Waals surface area contributed by atoms with Crippen molar-refractivity contribution in [2.45, 2.75) is 31.7 Å². The number of nitrogens with zero attached hydrogens (tertiary/aromatic N) is 1. The van der Waals surface area contributed by atoms with Gasteiger partial charge in [-0.3, -0.25) is 4.79 Å². The maximum Gasteiger partial charge on any atom is 0.261 e. The molecule has 1 saturated heterocycles. The Morgan fingerprint density at radius 2 is 2.00 bits per heavy atom. The molecule has 0 bridgehead atoms. The molecule has 1 amide bonds. The molecule has 2 rings (SSSR count). The molecule has 21 heavy (non-hydrogen) atoms. The fourth-order valence-electron chi connectivity index (χ4n) is 2.09. The highest BCUT2D eigenvalue weighted by Crippen LogP contribution is 2.28. The fourth-order valence-corrected chi connectivity index (χ4v) is 4.96. The van der Waals surface area contributed by atoms with Crippen molar-refractivity contribution in [1.29, 1.82) is 0 Å². The minimum absolute atomic E-state index is 0.0132. The number of nitrogens with one attached hydrogen (secondary N) is 1. The van der Waals surface area contributed by atoms with Gasteiger partial charge in [-0.1, -0.05) is 0 Å². The SMILES string of the molecule is Cc1sc(C(=O)NC(C)C)cc1S(=O)(=O)N1CCOCC1. The molecule has 0 aliphatic carbocycles. The molecule has 118 valence electrons. The Morgan fingerprint density at radius 1 is 1.38 bits per heavy atom. The molecule has 1 aliphatic rings. The molecule has 0 radical (unpaired) electrons. The van der Waals surface area contributed by atoms with Crippen LogP contribution in [0.3, 0.4) is 0 Å². The van der Waals surface area contributed by atoms with Crippen LogP contribution in [0.15, 0.2) is 11.0 Å². The fraction of sp³-hybridized carbons (Fsp3) is 0.615. The molecule has 1 fully saturated rings. The van der Waals surface area contributed by atoms with Crippen molar-refractivity contribution in [3.63, 3.8) is 0 Å². The molecule has 0 unspecified atom stereocenters. The summed E-state index contributed by atoms with van der Waals surface area (Å²) in [4.78, 5) is 13.3. The molecule has 0 aromatic carbocycles. The van der Waals surface area contributed by atoms with Crippen LogP contribution in [0.25, 0.3) is 0 Å². The maximum atomic E-state index is 12.6. The Bertz CT molecular complexity index is 616. The van der Waals surface area contributed by atoms with Gasteiger partial charge in [0, 0.05) is 24.0 Å². The normalized spacial score (nSPS) is 17.1. The summed E-state index contributed by atoms with van der Waals surface area (Å²) in [6.07, 6.45) is 0. The summed E-state index contributed by atoms with van der Waals surface area (Å²) in [6.45, 7) is 6.97. The predicted molar refractivity (Wildman–Crippen MR) is 81.2 cm³/mol. The number of aryl methyl sites for hydroxylation is 1. The molecular formula is C13H20N2O4S2. The predicted octanol–water partition coefficient (Wildman–Crippen LogP) is 1.22. The Hall–Kier alpha value is -0.960. The highest BCUT2D eigenvalue weighted by Gasteiger charge is 2.30. The van der Waals surface area contributed by atoms with Crippen LogP contribution in [0.2, 0.25) is 0 Å². The van der Waals surface area contributed by atoms with Crippen LogP contribution < -0.4 is 5.32 Å². The van der Waals surface area contributed by atoms with E-state index < -0.39 is 10.0 Å². The van der Waals surface area contributed by atoms with Crippen LogP contribution >= 0.6 is 11.3 Å². The zero-order valence-electron chi connectivity index (χ0n) is 12.4. The van der Waals surface area contributed by atoms with E-state index in [9.17, 15) is 13.2 Å². The molecule has 1 aliphatic heterocycles. The lowest BCUT2D eigenvalue weighted by molar-refractivity contribution is 0.0730. The molecule has 1 aromatic rings. The number of thiophene rings is 1. The Morgan fingerprint density at radius 3 is 2.57 bits per heavy atom. The number of rotatable bonds is 4. The minimum atomic E-state index is -3.55. The second-order valence-electron chi connectivity index (χ2n) is 5.18. The Balaban J connectivity index is 2.27. The smallest absolute Gasteiger partial charge is 0.261 e. The van der Waals surface area contributed by atoms with Gasteiger partial charge in [-0.15, -0.1) is 11.3 Å². The average molecular weight is 332 g/mol. The zero-order valence-corrected chi connectivity index (χ0v) is 14.0. The van der Waals surface area contributed by atoms with Crippen LogP contribution in [-0.2, 0) is 14.8 Å². The van der Waals surface area contributed by atoms with Crippen LogP contribution in [-0.4, -0.2) is 51.0 Å². The third-order valence-electron chi connectivity index (χ3n) is 3.10. The molecule has 2 heterocycles. The third-order valence-corrected chi connectivity index (χ3v) is 6.31. The van der Waals surface area contributed by atoms with Crippen molar-refractivity contribution < 1.29 is 17.9 Å². The number of amides is 1. The topological polar surface area (TPSA) is 75.7 Å². The maximum absolute atomic E-state index is 12.6. The lowest BCUT2D eigenvalue weighted by atomic mass is 10.3. The third kappa shape index (κ3) is 3.63. The van der Waals surface area contributed by atoms with Crippen LogP contribution in [0.5, 0.6) is 0 Å². The highest BCUT2D eigenvalue weighted by molar-refractivity contribution is 7.89. The van der Waals surface area contributed by atoms with Crippen LogP contribution in [0.1, 0.15) is 28.4 Å². The van der Waals surface area contributed by atoms with Crippen molar-refractivity contribution in [3.05, 3.63) is 15.8 Å². The number of morpholine rings is 1. The lowest BCUT2D eigenvalue weighted by Crippen LogP contribution is -2.40. The molecule has 1 N–H and O–H groups in total. The second-order valence-corrected chi connectivity index (χ2v) is 8.34. The summed E-state index contributed by atoms with van der Waals surface area (Å²) in [7, 11) is -3.55. The molecule has 0 spiro atoms. The molecule has 8 heteroatoms. The first kappa shape index (κ1) is 16.4. The molecule has 1 aromatic heterocycles. The first-order valence-electron chi connectivity index (χ1n) is 6.81. The minimum Gasteiger partial charge on any atom is -0.379 e. The van der Waals surface area contributed by atoms with Gasteiger partial charge in [-0.25, -0.2) is 8.42 Å². The Kier molecular flexibility index (Phi) is 5.03. The first-order valence-corrected chi connectivity index (χ1v) is 9.07. The summed E-state index contributed by atoms with van der Waals surface area (Å²) in [5, 5.41) is 2.77. The van der Waals surface area contributed by atoms with Gasteiger partial charge in [0.25, 0.3) is 5.91 Å². The van der Waals surface area contributed by atoms with Gasteiger partial charge in [-0.2, -0.15) is 4.31 Å². The van der Waals surface area contributed by atoms with Crippen LogP contribution in [0, 0.1) is 6.92 Å². The Labute approximate surface area is 129 Å². The molecular weight excluding hydrogens is 312 g/mol. The van der Waals surface area contributed by atoms with Gasteiger partial charge in [0.05, 0.1) is 23.0 Å². The van der Waals surface area contributed by atoms with Crippen molar-refractivity contribution in [2.75, 3.05) is 26.3 Å². The van der Waals surface area contributed by atoms with Gasteiger partial charge in [0.1, 0.15) is 0 Å². The van der Waals surface area contributed by atoms with Crippen molar-refractivity contribution in [3.8, 4) is 0 Å². The van der Waals surface area contributed by atoms with E-state index in [1.807, 2.05) is 13.8 Å². The van der Waals surface area contributed by atoms with E-state index in [2.05, 4.69) is 5.32 Å². The van der Waals surface area contributed by atoms with Crippen LogP contribution in [0.4, 0.5) is 0 Å². The van der Waals surface area contributed by atoms with E-state index >= 15 is 0 Å². The van der Waals surface area contributed by atoms with Gasteiger partial charge < -0.3 is 10.1 Å². The van der Waals surface area contributed by atoms with E-state index in [-0.39, 0.29) is 16.8 Å². The van der Waals surface area contributed by atoms with E-state index in [1.54, 1.807) is 6.92 Å². The number of ether oxygens (including phenoxy) is 1. The summed E-state index contributed by atoms with van der Waals surface area (Å²) >= 11 is 1.21. The molecule has 0 saturated carbocycles. The van der Waals surface area contributed by atoms with Gasteiger partial charge >= 0.3 is 0 Å². The van der Waals surface area contributed by atoms with Gasteiger partial charge in [0.2, 0.25) is 10.0 Å². The molecule has 6 nitrogen and oxygen atoms in total. The average Bonchev–Trinajstić information content (AvgIpc) is 2.82. The van der Waals surface area contributed by atoms with E-state index in [0.717, 1.165) is 0 Å². The second kappa shape index (κ2) is 6.43. The van der Waals surface area contributed by atoms with E-state index in [0.29, 0.717) is 36.1 Å². The zero-order chi connectivity index (χ0) is 15.6. The number of carbonyl (C=O) groups excluding carboxylic acids is 1. The van der Waals surface area contributed by atoms with Gasteiger partial charge in [-0.05, 0) is 26.8 Å². The lowest BCUT2D eigenvalue weighted by Gasteiger charge is -2.25. The number of hydrogen-bond acceptors (Lipinski definition) is 5. The van der Waals surface area contributed by atoms with E-state index in [4.69, 9.17) is 4.74 Å². The highest BCUT2D eigenvalue weighted by atomic mass is 32.2. The molecule has 0 atom stereocenters. The van der Waals surface area contributed by atoms with Crippen molar-refractivity contribution in [1.82, 2.24) is 9.62 Å². The van der Waals surface area contributed by atoms with Crippen molar-refractivity contribution >= 4 is 27.3 Å². The number of hydrogen-bond donors (Lipinski definition) is 1. The quantitative estimate of drug-likeness (QED) is 0.899. The summed E-state index contributed by atoms with van der Waals surface area (Å²) in [5.41, 5.74) is 0. The largest absolute Gasteiger partial charge is 0.379 e. The number of carbonyl (C=O) groups is 1.